The molecule has 3 heterocycles. The number of morpholine rings is 1. The van der Waals surface area contributed by atoms with Crippen molar-refractivity contribution in [3.63, 3.8) is 0 Å². The summed E-state index contributed by atoms with van der Waals surface area (Å²) in [4.78, 5) is 22.4. The lowest BCUT2D eigenvalue weighted by Gasteiger charge is -2.28. The quantitative estimate of drug-likeness (QED) is 0.324. The third-order valence-electron chi connectivity index (χ3n) is 5.83. The van der Waals surface area contributed by atoms with Crippen molar-refractivity contribution in [1.82, 2.24) is 9.88 Å². The van der Waals surface area contributed by atoms with Crippen LogP contribution in [0.15, 0.2) is 40.8 Å². The third-order valence-corrected chi connectivity index (χ3v) is 7.36. The normalized spacial score (nSPS) is 14.1. The van der Waals surface area contributed by atoms with Crippen molar-refractivity contribution in [3.8, 4) is 11.5 Å². The molecule has 1 saturated heterocycles. The molecule has 0 radical (unpaired) electrons. The number of halogens is 2. The number of para-hydroxylation sites is 1. The summed E-state index contributed by atoms with van der Waals surface area (Å²) in [6, 6.07) is 10.8. The number of hydrogen-bond acceptors (Lipinski definition) is 8. The highest BCUT2D eigenvalue weighted by molar-refractivity contribution is 7.23. The highest BCUT2D eigenvalue weighted by Gasteiger charge is 2.27. The van der Waals surface area contributed by atoms with Crippen LogP contribution in [-0.2, 0) is 4.74 Å². The van der Waals surface area contributed by atoms with E-state index in [4.69, 9.17) is 35.2 Å². The highest BCUT2D eigenvalue weighted by Crippen LogP contribution is 2.39. The first-order valence-corrected chi connectivity index (χ1v) is 12.1. The smallest absolute Gasteiger partial charge is 0.295 e. The number of furan rings is 1. The van der Waals surface area contributed by atoms with E-state index in [1.165, 1.54) is 11.3 Å². The summed E-state index contributed by atoms with van der Waals surface area (Å²) >= 11 is 7.80. The van der Waals surface area contributed by atoms with Crippen LogP contribution >= 0.6 is 35.3 Å². The molecule has 0 N–H and O–H groups in total. The Balaban J connectivity index is 0.00000289. The number of methoxy groups -OCH3 is 2. The molecule has 0 atom stereocenters. The van der Waals surface area contributed by atoms with Gasteiger partial charge in [0.1, 0.15) is 11.3 Å². The molecule has 11 heteroatoms. The molecule has 0 spiro atoms. The number of ether oxygens (including phenoxy) is 3. The molecule has 1 fully saturated rings. The molecule has 0 bridgehead atoms. The topological polar surface area (TPSA) is 77.3 Å². The van der Waals surface area contributed by atoms with Gasteiger partial charge in [0.05, 0.1) is 37.2 Å². The van der Waals surface area contributed by atoms with E-state index in [2.05, 4.69) is 4.90 Å². The number of hydrogen-bond donors (Lipinski definition) is 0. The van der Waals surface area contributed by atoms with Crippen molar-refractivity contribution in [2.24, 2.45) is 0 Å². The maximum Gasteiger partial charge on any atom is 0.295 e. The number of amides is 1. The van der Waals surface area contributed by atoms with Crippen LogP contribution in [0, 0.1) is 0 Å². The molecule has 8 nitrogen and oxygen atoms in total. The van der Waals surface area contributed by atoms with E-state index in [1.54, 1.807) is 43.4 Å². The third kappa shape index (κ3) is 5.05. The van der Waals surface area contributed by atoms with Gasteiger partial charge in [0, 0.05) is 31.6 Å². The molecule has 4 aromatic rings. The maximum atomic E-state index is 13.8. The summed E-state index contributed by atoms with van der Waals surface area (Å²) in [7, 11) is 3.16. The minimum absolute atomic E-state index is 0. The van der Waals surface area contributed by atoms with Crippen LogP contribution in [0.1, 0.15) is 10.6 Å². The van der Waals surface area contributed by atoms with E-state index >= 15 is 0 Å². The highest BCUT2D eigenvalue weighted by atomic mass is 35.5. The first kappa shape index (κ1) is 25.5. The van der Waals surface area contributed by atoms with Gasteiger partial charge in [-0.1, -0.05) is 35.1 Å². The number of carbonyl (C=O) groups excluding carboxylic acids is 1. The Bertz CT molecular complexity index is 1340. The van der Waals surface area contributed by atoms with Crippen LogP contribution in [-0.4, -0.2) is 69.4 Å². The number of fused-ring (bicyclic) bond motifs is 2. The van der Waals surface area contributed by atoms with E-state index in [0.717, 1.165) is 23.2 Å². The zero-order chi connectivity index (χ0) is 23.7. The lowest BCUT2D eigenvalue weighted by molar-refractivity contribution is 0.0390. The lowest BCUT2D eigenvalue weighted by Crippen LogP contribution is -2.43. The van der Waals surface area contributed by atoms with Crippen LogP contribution in [0.2, 0.25) is 5.02 Å². The maximum absolute atomic E-state index is 13.8. The minimum atomic E-state index is -0.277. The average molecular weight is 538 g/mol. The Morgan fingerprint density at radius 2 is 1.94 bits per heavy atom. The molecule has 35 heavy (non-hydrogen) atoms. The molecular formula is C24H25Cl2N3O5S. The lowest BCUT2D eigenvalue weighted by atomic mass is 10.2. The molecule has 186 valence electrons. The summed E-state index contributed by atoms with van der Waals surface area (Å²) in [6.45, 7) is 4.13. The average Bonchev–Trinajstić information content (AvgIpc) is 3.50. The molecule has 1 aliphatic heterocycles. The molecule has 1 amide bonds. The Kier molecular flexibility index (Phi) is 8.03. The fourth-order valence-electron chi connectivity index (χ4n) is 4.01. The molecule has 0 saturated carbocycles. The number of aromatic nitrogens is 1. The standard InChI is InChI=1S/C24H24ClN3O5S.ClH/c1-30-17-7-6-16(25)22-20(17)26-24(34-22)28(9-8-27-10-12-32-13-11-27)23(29)19-14-15-4-3-5-18(31-2)21(15)33-19;/h3-7,14H,8-13H2,1-2H3;1H. The second kappa shape index (κ2) is 11.0. The van der Waals surface area contributed by atoms with Crippen LogP contribution < -0.4 is 14.4 Å². The van der Waals surface area contributed by atoms with Crippen LogP contribution in [0.5, 0.6) is 11.5 Å². The van der Waals surface area contributed by atoms with Gasteiger partial charge >= 0.3 is 0 Å². The molecule has 0 unspecified atom stereocenters. The first-order valence-electron chi connectivity index (χ1n) is 10.9. The van der Waals surface area contributed by atoms with Crippen molar-refractivity contribution in [2.75, 3.05) is 58.5 Å². The molecule has 1 aliphatic rings. The number of thiazole rings is 1. The predicted octanol–water partition coefficient (Wildman–Crippen LogP) is 5.11. The summed E-state index contributed by atoms with van der Waals surface area (Å²) in [5.41, 5.74) is 1.17. The van der Waals surface area contributed by atoms with E-state index in [9.17, 15) is 4.79 Å². The molecular weight excluding hydrogens is 513 g/mol. The van der Waals surface area contributed by atoms with Crippen molar-refractivity contribution in [3.05, 3.63) is 47.2 Å². The Morgan fingerprint density at radius 1 is 1.17 bits per heavy atom. The van der Waals surface area contributed by atoms with Crippen molar-refractivity contribution in [1.29, 1.82) is 0 Å². The first-order chi connectivity index (χ1) is 16.6. The van der Waals surface area contributed by atoms with E-state index in [-0.39, 0.29) is 24.1 Å². The number of nitrogens with zero attached hydrogens (tertiary/aromatic N) is 3. The molecule has 0 aliphatic carbocycles. The van der Waals surface area contributed by atoms with Crippen molar-refractivity contribution >= 4 is 67.6 Å². The van der Waals surface area contributed by atoms with Gasteiger partial charge in [0.15, 0.2) is 22.2 Å². The zero-order valence-corrected chi connectivity index (χ0v) is 21.7. The Hall–Kier alpha value is -2.56. The summed E-state index contributed by atoms with van der Waals surface area (Å²) < 4.78 is 23.1. The number of benzene rings is 2. The fourth-order valence-corrected chi connectivity index (χ4v) is 5.29. The van der Waals surface area contributed by atoms with Gasteiger partial charge in [-0.2, -0.15) is 0 Å². The van der Waals surface area contributed by atoms with E-state index < -0.39 is 0 Å². The van der Waals surface area contributed by atoms with Gasteiger partial charge in [-0.15, -0.1) is 12.4 Å². The van der Waals surface area contributed by atoms with Gasteiger partial charge in [-0.05, 0) is 24.3 Å². The second-order valence-electron chi connectivity index (χ2n) is 7.82. The summed E-state index contributed by atoms with van der Waals surface area (Å²) in [6.07, 6.45) is 0. The number of rotatable bonds is 7. The van der Waals surface area contributed by atoms with Crippen molar-refractivity contribution in [2.45, 2.75) is 0 Å². The van der Waals surface area contributed by atoms with Crippen molar-refractivity contribution < 1.29 is 23.4 Å². The van der Waals surface area contributed by atoms with Gasteiger partial charge in [-0.25, -0.2) is 4.98 Å². The second-order valence-corrected chi connectivity index (χ2v) is 9.21. The largest absolute Gasteiger partial charge is 0.494 e. The Labute approximate surface area is 217 Å². The number of carbonyl (C=O) groups is 1. The van der Waals surface area contributed by atoms with E-state index in [0.29, 0.717) is 59.1 Å². The van der Waals surface area contributed by atoms with Gasteiger partial charge in [-0.3, -0.25) is 14.6 Å². The zero-order valence-electron chi connectivity index (χ0n) is 19.3. The number of anilines is 1. The van der Waals surface area contributed by atoms with Gasteiger partial charge in [0.25, 0.3) is 5.91 Å². The van der Waals surface area contributed by atoms with E-state index in [1.807, 2.05) is 12.1 Å². The van der Waals surface area contributed by atoms with Crippen LogP contribution in [0.4, 0.5) is 5.13 Å². The Morgan fingerprint density at radius 3 is 2.69 bits per heavy atom. The summed E-state index contributed by atoms with van der Waals surface area (Å²) in [5.74, 6) is 1.13. The minimum Gasteiger partial charge on any atom is -0.494 e. The van der Waals surface area contributed by atoms with Gasteiger partial charge < -0.3 is 18.6 Å². The predicted molar refractivity (Wildman–Crippen MR) is 140 cm³/mol. The van der Waals surface area contributed by atoms with Crippen LogP contribution in [0.25, 0.3) is 21.2 Å². The monoisotopic (exact) mass is 537 g/mol. The fraction of sp³-hybridized carbons (Fsp3) is 0.333. The SMILES string of the molecule is COc1ccc(Cl)c2sc(N(CCN3CCOCC3)C(=O)c3cc4cccc(OC)c4o3)nc12.Cl. The molecule has 5 rings (SSSR count). The molecule has 2 aromatic carbocycles. The summed E-state index contributed by atoms with van der Waals surface area (Å²) in [5, 5.41) is 1.89. The van der Waals surface area contributed by atoms with Crippen LogP contribution in [0.3, 0.4) is 0 Å². The molecule has 2 aromatic heterocycles. The van der Waals surface area contributed by atoms with Gasteiger partial charge in [0.2, 0.25) is 0 Å².